The summed E-state index contributed by atoms with van der Waals surface area (Å²) in [5, 5.41) is 5.09. The van der Waals surface area contributed by atoms with Crippen LogP contribution in [0.2, 0.25) is 5.15 Å². The highest BCUT2D eigenvalue weighted by Gasteiger charge is 2.41. The van der Waals surface area contributed by atoms with Crippen LogP contribution in [0.1, 0.15) is 38.2 Å². The summed E-state index contributed by atoms with van der Waals surface area (Å²) in [6.07, 6.45) is 1.96. The third-order valence-corrected chi connectivity index (χ3v) is 5.64. The van der Waals surface area contributed by atoms with Crippen LogP contribution in [0.4, 0.5) is 5.95 Å². The second-order valence-electron chi connectivity index (χ2n) is 5.50. The first-order valence-electron chi connectivity index (χ1n) is 7.33. The minimum absolute atomic E-state index is 0.146. The number of anilines is 1. The zero-order valence-electron chi connectivity index (χ0n) is 12.2. The number of fused-ring (bicyclic) bond motifs is 3. The van der Waals surface area contributed by atoms with Gasteiger partial charge in [0.05, 0.1) is 0 Å². The second kappa shape index (κ2) is 6.01. The van der Waals surface area contributed by atoms with Crippen molar-refractivity contribution in [1.29, 1.82) is 0 Å². The molecule has 2 aliphatic rings. The molecule has 1 aromatic heterocycles. The Morgan fingerprint density at radius 3 is 3.05 bits per heavy atom. The standard InChI is InChI=1S/C14H19ClN4OS/c1-3-5-16-14-17-12(15)11-9-4-6-19(8(2)20)7-10(9)21-13(11)18-14/h9-10H,3-7H2,1-2H3,(H,16,17,18). The number of likely N-dealkylation sites (tertiary alicyclic amines) is 1. The zero-order chi connectivity index (χ0) is 15.0. The van der Waals surface area contributed by atoms with Gasteiger partial charge in [-0.2, -0.15) is 0 Å². The van der Waals surface area contributed by atoms with Gasteiger partial charge in [0.15, 0.2) is 0 Å². The molecule has 0 spiro atoms. The Hall–Kier alpha value is -1.01. The summed E-state index contributed by atoms with van der Waals surface area (Å²) in [6, 6.07) is 0. The van der Waals surface area contributed by atoms with E-state index in [-0.39, 0.29) is 5.91 Å². The van der Waals surface area contributed by atoms with Gasteiger partial charge in [-0.25, -0.2) is 9.97 Å². The number of halogens is 1. The van der Waals surface area contributed by atoms with Crippen molar-refractivity contribution >= 4 is 35.2 Å². The summed E-state index contributed by atoms with van der Waals surface area (Å²) in [6.45, 7) is 6.14. The van der Waals surface area contributed by atoms with E-state index in [1.165, 1.54) is 0 Å². The van der Waals surface area contributed by atoms with Gasteiger partial charge in [0.2, 0.25) is 11.9 Å². The SMILES string of the molecule is CCCNc1nc(Cl)c2c(n1)SC1CN(C(C)=O)CCC21. The maximum atomic E-state index is 11.6. The lowest BCUT2D eigenvalue weighted by Crippen LogP contribution is -2.42. The van der Waals surface area contributed by atoms with E-state index in [1.807, 2.05) is 4.90 Å². The molecule has 114 valence electrons. The number of hydrogen-bond acceptors (Lipinski definition) is 5. The first-order chi connectivity index (χ1) is 10.1. The summed E-state index contributed by atoms with van der Waals surface area (Å²) in [5.41, 5.74) is 1.08. The van der Waals surface area contributed by atoms with Crippen LogP contribution in [0.3, 0.4) is 0 Å². The molecule has 5 nitrogen and oxygen atoms in total. The van der Waals surface area contributed by atoms with E-state index < -0.39 is 0 Å². The number of carbonyl (C=O) groups is 1. The molecule has 0 aromatic carbocycles. The van der Waals surface area contributed by atoms with Crippen molar-refractivity contribution < 1.29 is 4.79 Å². The van der Waals surface area contributed by atoms with Gasteiger partial charge in [0, 0.05) is 43.3 Å². The van der Waals surface area contributed by atoms with Gasteiger partial charge in [0.1, 0.15) is 10.2 Å². The van der Waals surface area contributed by atoms with Crippen molar-refractivity contribution in [2.75, 3.05) is 25.0 Å². The number of carbonyl (C=O) groups excluding carboxylic acids is 1. The summed E-state index contributed by atoms with van der Waals surface area (Å²) < 4.78 is 0. The fourth-order valence-electron chi connectivity index (χ4n) is 2.94. The third kappa shape index (κ3) is 2.83. The van der Waals surface area contributed by atoms with Gasteiger partial charge in [-0.1, -0.05) is 18.5 Å². The van der Waals surface area contributed by atoms with E-state index in [9.17, 15) is 4.79 Å². The number of nitrogens with one attached hydrogen (secondary N) is 1. The van der Waals surface area contributed by atoms with Crippen molar-refractivity contribution in [2.24, 2.45) is 0 Å². The van der Waals surface area contributed by atoms with Crippen molar-refractivity contribution in [3.63, 3.8) is 0 Å². The number of thioether (sulfide) groups is 1. The molecule has 3 heterocycles. The first kappa shape index (κ1) is 14.9. The summed E-state index contributed by atoms with van der Waals surface area (Å²) >= 11 is 8.12. The quantitative estimate of drug-likeness (QED) is 0.866. The molecule has 0 saturated carbocycles. The monoisotopic (exact) mass is 326 g/mol. The van der Waals surface area contributed by atoms with Crippen LogP contribution >= 0.6 is 23.4 Å². The van der Waals surface area contributed by atoms with Crippen molar-refractivity contribution in [3.05, 3.63) is 10.7 Å². The molecule has 0 bridgehead atoms. The van der Waals surface area contributed by atoms with E-state index in [2.05, 4.69) is 22.2 Å². The highest BCUT2D eigenvalue weighted by atomic mass is 35.5. The molecule has 1 N–H and O–H groups in total. The largest absolute Gasteiger partial charge is 0.354 e. The summed E-state index contributed by atoms with van der Waals surface area (Å²) in [7, 11) is 0. The lowest BCUT2D eigenvalue weighted by Gasteiger charge is -2.33. The second-order valence-corrected chi connectivity index (χ2v) is 7.09. The molecule has 0 aliphatic carbocycles. The lowest BCUT2D eigenvalue weighted by atomic mass is 9.91. The first-order valence-corrected chi connectivity index (χ1v) is 8.59. The van der Waals surface area contributed by atoms with Crippen LogP contribution < -0.4 is 5.32 Å². The number of piperidine rings is 1. The average molecular weight is 327 g/mol. The highest BCUT2D eigenvalue weighted by Crippen LogP contribution is 2.50. The molecule has 1 saturated heterocycles. The molecule has 2 atom stereocenters. The molecule has 7 heteroatoms. The van der Waals surface area contributed by atoms with Crippen LogP contribution in [-0.4, -0.2) is 45.7 Å². The Kier molecular flexibility index (Phi) is 4.26. The molecule has 0 radical (unpaired) electrons. The average Bonchev–Trinajstić information content (AvgIpc) is 2.82. The van der Waals surface area contributed by atoms with Gasteiger partial charge in [-0.15, -0.1) is 11.8 Å². The Balaban J connectivity index is 1.83. The minimum Gasteiger partial charge on any atom is -0.354 e. The molecule has 2 aliphatic heterocycles. The molecule has 1 amide bonds. The molecule has 2 unspecified atom stereocenters. The van der Waals surface area contributed by atoms with Crippen LogP contribution in [0, 0.1) is 0 Å². The smallest absolute Gasteiger partial charge is 0.225 e. The van der Waals surface area contributed by atoms with Gasteiger partial charge >= 0.3 is 0 Å². The van der Waals surface area contributed by atoms with Crippen LogP contribution in [0.25, 0.3) is 0 Å². The van der Waals surface area contributed by atoms with E-state index in [0.29, 0.717) is 22.3 Å². The maximum Gasteiger partial charge on any atom is 0.225 e. The Morgan fingerprint density at radius 1 is 1.52 bits per heavy atom. The van der Waals surface area contributed by atoms with Crippen LogP contribution in [0.5, 0.6) is 0 Å². The number of hydrogen-bond donors (Lipinski definition) is 1. The van der Waals surface area contributed by atoms with Gasteiger partial charge in [-0.05, 0) is 12.8 Å². The maximum absolute atomic E-state index is 11.6. The van der Waals surface area contributed by atoms with E-state index >= 15 is 0 Å². The highest BCUT2D eigenvalue weighted by molar-refractivity contribution is 8.00. The van der Waals surface area contributed by atoms with Crippen molar-refractivity contribution in [1.82, 2.24) is 14.9 Å². The summed E-state index contributed by atoms with van der Waals surface area (Å²) in [4.78, 5) is 22.4. The predicted octanol–water partition coefficient (Wildman–Crippen LogP) is 2.76. The normalized spacial score (nSPS) is 23.7. The zero-order valence-corrected chi connectivity index (χ0v) is 13.8. The van der Waals surface area contributed by atoms with Crippen molar-refractivity contribution in [3.8, 4) is 0 Å². The van der Waals surface area contributed by atoms with E-state index in [1.54, 1.807) is 18.7 Å². The van der Waals surface area contributed by atoms with E-state index in [4.69, 9.17) is 11.6 Å². The summed E-state index contributed by atoms with van der Waals surface area (Å²) in [5.74, 6) is 1.12. The Morgan fingerprint density at radius 2 is 2.33 bits per heavy atom. The number of rotatable bonds is 3. The number of aromatic nitrogens is 2. The number of nitrogens with zero attached hydrogens (tertiary/aromatic N) is 3. The molecule has 3 rings (SSSR count). The Bertz CT molecular complexity index is 568. The molecular formula is C14H19ClN4OS. The van der Waals surface area contributed by atoms with Gasteiger partial charge in [0.25, 0.3) is 0 Å². The van der Waals surface area contributed by atoms with Gasteiger partial charge in [-0.3, -0.25) is 4.79 Å². The van der Waals surface area contributed by atoms with Crippen molar-refractivity contribution in [2.45, 2.75) is 42.9 Å². The Labute approximate surface area is 133 Å². The molecule has 1 aromatic rings. The minimum atomic E-state index is 0.146. The third-order valence-electron chi connectivity index (χ3n) is 4.04. The fraction of sp³-hybridized carbons (Fsp3) is 0.643. The molecular weight excluding hydrogens is 308 g/mol. The molecule has 21 heavy (non-hydrogen) atoms. The molecule has 1 fully saturated rings. The van der Waals surface area contributed by atoms with Gasteiger partial charge < -0.3 is 10.2 Å². The lowest BCUT2D eigenvalue weighted by molar-refractivity contribution is -0.129. The van der Waals surface area contributed by atoms with Crippen LogP contribution in [-0.2, 0) is 4.79 Å². The van der Waals surface area contributed by atoms with Crippen LogP contribution in [0.15, 0.2) is 5.03 Å². The number of amides is 1. The predicted molar refractivity (Wildman–Crippen MR) is 85.1 cm³/mol. The fourth-order valence-corrected chi connectivity index (χ4v) is 4.79. The topological polar surface area (TPSA) is 58.1 Å². The van der Waals surface area contributed by atoms with E-state index in [0.717, 1.165) is 43.1 Å².